The number of carbonyl (C=O) groups is 1. The minimum atomic E-state index is -0.0552. The van der Waals surface area contributed by atoms with Gasteiger partial charge in [0, 0.05) is 30.7 Å². The van der Waals surface area contributed by atoms with Gasteiger partial charge in [0.25, 0.3) is 5.91 Å². The second-order valence-corrected chi connectivity index (χ2v) is 9.72. The van der Waals surface area contributed by atoms with Crippen molar-refractivity contribution in [3.8, 4) is 5.75 Å². The zero-order valence-corrected chi connectivity index (χ0v) is 19.5. The molecule has 2 aromatic rings. The zero-order valence-electron chi connectivity index (χ0n) is 19.5. The molecule has 2 N–H and O–H groups in total. The second-order valence-electron chi connectivity index (χ2n) is 9.72. The molecule has 0 aromatic heterocycles. The van der Waals surface area contributed by atoms with E-state index in [1.807, 2.05) is 25.1 Å². The number of amides is 1. The van der Waals surface area contributed by atoms with Crippen molar-refractivity contribution in [2.75, 3.05) is 26.7 Å². The van der Waals surface area contributed by atoms with Crippen molar-refractivity contribution in [1.82, 2.24) is 15.5 Å². The third-order valence-electron chi connectivity index (χ3n) is 7.88. The Labute approximate surface area is 191 Å². The van der Waals surface area contributed by atoms with Crippen LogP contribution in [0.2, 0.25) is 0 Å². The molecule has 1 amide bonds. The molecule has 5 nitrogen and oxygen atoms in total. The first kappa shape index (κ1) is 21.5. The molecule has 170 valence electrons. The molecule has 2 fully saturated rings. The van der Waals surface area contributed by atoms with Crippen molar-refractivity contribution in [2.45, 2.75) is 57.7 Å². The lowest BCUT2D eigenvalue weighted by molar-refractivity contribution is 0.0541. The van der Waals surface area contributed by atoms with E-state index in [2.05, 4.69) is 40.7 Å². The molecule has 0 spiro atoms. The SMILES string of the molecule is COc1cc2c(c(C(=O)N[C@H](C)c3ccccc3)c1C)[C@H]1C[C@@H]3NCCC[C@@H]3CN1CC2. The molecule has 0 radical (unpaired) electrons. The molecule has 2 aromatic carbocycles. The summed E-state index contributed by atoms with van der Waals surface area (Å²) in [6.07, 6.45) is 4.65. The summed E-state index contributed by atoms with van der Waals surface area (Å²) < 4.78 is 5.71. The van der Waals surface area contributed by atoms with Gasteiger partial charge in [0.05, 0.1) is 18.7 Å². The standard InChI is InChI=1S/C27H35N3O2/c1-17-24(32-3)14-20-11-13-30-16-21-10-7-12-28-22(21)15-23(30)26(20)25(17)27(31)29-18(2)19-8-5-4-6-9-19/h4-6,8-9,14,18,21-23,28H,7,10-13,15-16H2,1-3H3,(H,29,31)/t18-,21-,22+,23-/m1/s1. The van der Waals surface area contributed by atoms with Crippen LogP contribution < -0.4 is 15.4 Å². The maximum atomic E-state index is 13.7. The topological polar surface area (TPSA) is 53.6 Å². The number of fused-ring (bicyclic) bond motifs is 4. The molecule has 2 saturated heterocycles. The summed E-state index contributed by atoms with van der Waals surface area (Å²) in [5.74, 6) is 1.56. The van der Waals surface area contributed by atoms with Crippen molar-refractivity contribution < 1.29 is 9.53 Å². The van der Waals surface area contributed by atoms with E-state index in [9.17, 15) is 4.79 Å². The number of nitrogens with one attached hydrogen (secondary N) is 2. The molecule has 3 heterocycles. The van der Waals surface area contributed by atoms with E-state index in [1.54, 1.807) is 7.11 Å². The molecule has 4 atom stereocenters. The van der Waals surface area contributed by atoms with E-state index in [-0.39, 0.29) is 11.9 Å². The van der Waals surface area contributed by atoms with Gasteiger partial charge in [0.15, 0.2) is 0 Å². The number of methoxy groups -OCH3 is 1. The second kappa shape index (κ2) is 8.87. The van der Waals surface area contributed by atoms with Crippen LogP contribution in [0, 0.1) is 12.8 Å². The molecule has 0 aliphatic carbocycles. The number of carbonyl (C=O) groups excluding carboxylic acids is 1. The van der Waals surface area contributed by atoms with Crippen molar-refractivity contribution >= 4 is 5.91 Å². The lowest BCUT2D eigenvalue weighted by Gasteiger charge is -2.49. The van der Waals surface area contributed by atoms with Gasteiger partial charge >= 0.3 is 0 Å². The fourth-order valence-electron chi connectivity index (χ4n) is 6.16. The molecule has 0 saturated carbocycles. The van der Waals surface area contributed by atoms with Gasteiger partial charge in [-0.2, -0.15) is 0 Å². The van der Waals surface area contributed by atoms with Crippen LogP contribution in [0.4, 0.5) is 0 Å². The summed E-state index contributed by atoms with van der Waals surface area (Å²) in [4.78, 5) is 16.4. The van der Waals surface area contributed by atoms with Crippen molar-refractivity contribution in [1.29, 1.82) is 0 Å². The van der Waals surface area contributed by atoms with Gasteiger partial charge in [-0.1, -0.05) is 30.3 Å². The average molecular weight is 434 g/mol. The molecule has 0 unspecified atom stereocenters. The normalized spacial score (nSPS) is 25.8. The van der Waals surface area contributed by atoms with E-state index < -0.39 is 0 Å². The number of hydrogen-bond acceptors (Lipinski definition) is 4. The van der Waals surface area contributed by atoms with Crippen LogP contribution in [0.25, 0.3) is 0 Å². The first-order chi connectivity index (χ1) is 15.6. The first-order valence-corrected chi connectivity index (χ1v) is 12.1. The Kier molecular flexibility index (Phi) is 5.95. The van der Waals surface area contributed by atoms with Crippen LogP contribution >= 0.6 is 0 Å². The number of rotatable bonds is 4. The highest BCUT2D eigenvalue weighted by molar-refractivity contribution is 5.98. The Balaban J connectivity index is 1.52. The highest BCUT2D eigenvalue weighted by Gasteiger charge is 2.42. The lowest BCUT2D eigenvalue weighted by atomic mass is 9.75. The largest absolute Gasteiger partial charge is 0.496 e. The van der Waals surface area contributed by atoms with Gasteiger partial charge in [-0.05, 0) is 74.8 Å². The predicted molar refractivity (Wildman–Crippen MR) is 127 cm³/mol. The minimum absolute atomic E-state index is 0.00887. The molecule has 5 heteroatoms. The van der Waals surface area contributed by atoms with Gasteiger partial charge in [0.1, 0.15) is 5.75 Å². The molecular formula is C27H35N3O2. The summed E-state index contributed by atoms with van der Waals surface area (Å²) in [7, 11) is 1.70. The van der Waals surface area contributed by atoms with E-state index in [4.69, 9.17) is 4.74 Å². The quantitative estimate of drug-likeness (QED) is 0.760. The third-order valence-corrected chi connectivity index (χ3v) is 7.88. The highest BCUT2D eigenvalue weighted by atomic mass is 16.5. The minimum Gasteiger partial charge on any atom is -0.496 e. The lowest BCUT2D eigenvalue weighted by Crippen LogP contribution is -2.55. The first-order valence-electron chi connectivity index (χ1n) is 12.1. The summed E-state index contributed by atoms with van der Waals surface area (Å²) in [5, 5.41) is 7.05. The summed E-state index contributed by atoms with van der Waals surface area (Å²) in [6.45, 7) is 7.40. The number of ether oxygens (including phenoxy) is 1. The van der Waals surface area contributed by atoms with Crippen LogP contribution in [0.5, 0.6) is 5.75 Å². The molecule has 3 aliphatic heterocycles. The number of piperidine rings is 2. The third kappa shape index (κ3) is 3.82. The maximum Gasteiger partial charge on any atom is 0.252 e. The smallest absolute Gasteiger partial charge is 0.252 e. The van der Waals surface area contributed by atoms with Crippen molar-refractivity contribution in [3.05, 3.63) is 64.2 Å². The summed E-state index contributed by atoms with van der Waals surface area (Å²) >= 11 is 0. The van der Waals surface area contributed by atoms with Gasteiger partial charge in [-0.25, -0.2) is 0 Å². The monoisotopic (exact) mass is 433 g/mol. The Hall–Kier alpha value is -2.37. The maximum absolute atomic E-state index is 13.7. The number of hydrogen-bond donors (Lipinski definition) is 2. The van der Waals surface area contributed by atoms with Crippen molar-refractivity contribution in [2.24, 2.45) is 5.92 Å². The number of benzene rings is 2. The van der Waals surface area contributed by atoms with Crippen LogP contribution in [0.3, 0.4) is 0 Å². The summed E-state index contributed by atoms with van der Waals surface area (Å²) in [5.41, 5.74) is 5.40. The van der Waals surface area contributed by atoms with Gasteiger partial charge in [-0.15, -0.1) is 0 Å². The molecular weight excluding hydrogens is 398 g/mol. The average Bonchev–Trinajstić information content (AvgIpc) is 2.82. The molecule has 5 rings (SSSR count). The van der Waals surface area contributed by atoms with E-state index >= 15 is 0 Å². The van der Waals surface area contributed by atoms with Crippen LogP contribution in [0.1, 0.15) is 70.9 Å². The molecule has 0 bridgehead atoms. The van der Waals surface area contributed by atoms with Gasteiger partial charge in [0.2, 0.25) is 0 Å². The van der Waals surface area contributed by atoms with Gasteiger partial charge < -0.3 is 15.4 Å². The van der Waals surface area contributed by atoms with Crippen LogP contribution in [-0.2, 0) is 6.42 Å². The number of nitrogens with zero attached hydrogens (tertiary/aromatic N) is 1. The Bertz CT molecular complexity index is 990. The Morgan fingerprint density at radius 2 is 2.09 bits per heavy atom. The van der Waals surface area contributed by atoms with E-state index in [0.717, 1.165) is 60.8 Å². The van der Waals surface area contributed by atoms with E-state index in [0.29, 0.717) is 12.1 Å². The highest BCUT2D eigenvalue weighted by Crippen LogP contribution is 2.44. The van der Waals surface area contributed by atoms with Crippen LogP contribution in [0.15, 0.2) is 36.4 Å². The van der Waals surface area contributed by atoms with Crippen molar-refractivity contribution in [3.63, 3.8) is 0 Å². The summed E-state index contributed by atoms with van der Waals surface area (Å²) in [6, 6.07) is 13.1. The fourth-order valence-corrected chi connectivity index (χ4v) is 6.16. The fraction of sp³-hybridized carbons (Fsp3) is 0.519. The van der Waals surface area contributed by atoms with Crippen LogP contribution in [-0.4, -0.2) is 43.6 Å². The van der Waals surface area contributed by atoms with Gasteiger partial charge in [-0.3, -0.25) is 9.69 Å². The predicted octanol–water partition coefficient (Wildman–Crippen LogP) is 4.17. The van der Waals surface area contributed by atoms with E-state index in [1.165, 1.54) is 24.0 Å². The Morgan fingerprint density at radius 3 is 2.88 bits per heavy atom. The molecule has 32 heavy (non-hydrogen) atoms. The Morgan fingerprint density at radius 1 is 1.28 bits per heavy atom. The molecule has 3 aliphatic rings. The zero-order chi connectivity index (χ0) is 22.2.